The van der Waals surface area contributed by atoms with Crippen molar-refractivity contribution in [2.75, 3.05) is 35.8 Å². The fourth-order valence-electron chi connectivity index (χ4n) is 7.64. The number of carbonyl (C=O) groups is 4. The second kappa shape index (κ2) is 14.0. The number of ether oxygens (including phenoxy) is 1. The quantitative estimate of drug-likeness (QED) is 0.190. The fraction of sp³-hybridized carbons (Fsp3) is 0.289. The fourth-order valence-corrected chi connectivity index (χ4v) is 8.80. The summed E-state index contributed by atoms with van der Waals surface area (Å²) in [7, 11) is -2.70. The van der Waals surface area contributed by atoms with E-state index in [1.54, 1.807) is 37.4 Å². The molecule has 3 N–H and O–H groups in total. The van der Waals surface area contributed by atoms with Crippen molar-refractivity contribution in [3.63, 3.8) is 0 Å². The molecule has 3 aliphatic rings. The normalized spacial score (nSPS) is 19.9. The first-order chi connectivity index (χ1) is 26.4. The van der Waals surface area contributed by atoms with Gasteiger partial charge in [-0.25, -0.2) is 18.2 Å². The highest BCUT2D eigenvalue weighted by atomic mass is 32.2. The molecule has 0 spiro atoms. The van der Waals surface area contributed by atoms with Crippen molar-refractivity contribution in [2.24, 2.45) is 7.05 Å². The van der Waals surface area contributed by atoms with Crippen LogP contribution in [0.3, 0.4) is 0 Å². The molecule has 0 bridgehead atoms. The van der Waals surface area contributed by atoms with Gasteiger partial charge in [0.1, 0.15) is 30.6 Å². The molecule has 4 aromatic carbocycles. The first kappa shape index (κ1) is 35.9. The number of hydrogen-bond acceptors (Lipinski definition) is 9. The second-order valence-electron chi connectivity index (χ2n) is 14.0. The Morgan fingerprint density at radius 2 is 1.76 bits per heavy atom. The minimum absolute atomic E-state index is 0.00237. The van der Waals surface area contributed by atoms with Crippen LogP contribution in [0.4, 0.5) is 15.8 Å². The molecule has 4 heterocycles. The van der Waals surface area contributed by atoms with Gasteiger partial charge in [-0.2, -0.15) is 8.42 Å². The van der Waals surface area contributed by atoms with Gasteiger partial charge in [-0.1, -0.05) is 36.4 Å². The number of fused-ring (bicyclic) bond motifs is 2. The molecule has 3 aliphatic heterocycles. The highest BCUT2D eigenvalue weighted by Crippen LogP contribution is 2.40. The number of amides is 4. The summed E-state index contributed by atoms with van der Waals surface area (Å²) in [5.74, 6) is -2.83. The van der Waals surface area contributed by atoms with Gasteiger partial charge in [0, 0.05) is 31.1 Å². The average Bonchev–Trinajstić information content (AvgIpc) is 3.80. The molecule has 15 nitrogen and oxygen atoms in total. The van der Waals surface area contributed by atoms with Gasteiger partial charge in [-0.05, 0) is 78.2 Å². The van der Waals surface area contributed by atoms with Crippen LogP contribution in [0.25, 0.3) is 21.8 Å². The van der Waals surface area contributed by atoms with Crippen molar-refractivity contribution in [1.29, 1.82) is 0 Å². The van der Waals surface area contributed by atoms with Gasteiger partial charge in [0.25, 0.3) is 5.91 Å². The maximum atomic E-state index is 16.2. The Labute approximate surface area is 313 Å². The lowest BCUT2D eigenvalue weighted by atomic mass is 9.98. The van der Waals surface area contributed by atoms with Crippen molar-refractivity contribution in [1.82, 2.24) is 24.1 Å². The standard InChI is InChI=1S/C38H36FN7O8S/c1-43-30-16-23(7-10-28(30)46(38(43)51)29-11-12-32(47)41-37(29)50)24-13-14-44(18-24)19-33(48)40-26-8-9-27-25(15-26)17-31(54-21-22-5-3-2-4-6-22)36(35(27)39)45-20-34(49)42-55(45,52)53/h2-10,15-17,24,29H,11-14,18-21H2,1H3,(H,40,48)(H,42,49)(H,41,47,50)/t24-,29?/m0/s1. The van der Waals surface area contributed by atoms with Gasteiger partial charge in [0.05, 0.1) is 17.6 Å². The van der Waals surface area contributed by atoms with Crippen molar-refractivity contribution >= 4 is 67.0 Å². The predicted molar refractivity (Wildman–Crippen MR) is 200 cm³/mol. The third-order valence-corrected chi connectivity index (χ3v) is 11.7. The van der Waals surface area contributed by atoms with Crippen LogP contribution in [-0.2, 0) is 43.0 Å². The van der Waals surface area contributed by atoms with Crippen LogP contribution in [0, 0.1) is 5.82 Å². The Morgan fingerprint density at radius 1 is 0.964 bits per heavy atom. The number of aromatic nitrogens is 2. The average molecular weight is 770 g/mol. The summed E-state index contributed by atoms with van der Waals surface area (Å²) in [5.41, 5.74) is 2.69. The van der Waals surface area contributed by atoms with Crippen molar-refractivity contribution in [2.45, 2.75) is 37.8 Å². The van der Waals surface area contributed by atoms with E-state index >= 15 is 4.39 Å². The van der Waals surface area contributed by atoms with E-state index in [-0.39, 0.29) is 60.6 Å². The molecule has 284 valence electrons. The summed E-state index contributed by atoms with van der Waals surface area (Å²) in [4.78, 5) is 64.8. The molecule has 8 rings (SSSR count). The first-order valence-corrected chi connectivity index (χ1v) is 19.1. The number of rotatable bonds is 9. The molecule has 17 heteroatoms. The van der Waals surface area contributed by atoms with Crippen molar-refractivity contribution < 1.29 is 36.7 Å². The van der Waals surface area contributed by atoms with E-state index in [2.05, 4.69) is 10.6 Å². The zero-order chi connectivity index (χ0) is 38.6. The Hall–Kier alpha value is -6.07. The third kappa shape index (κ3) is 6.80. The number of halogens is 1. The molecule has 1 unspecified atom stereocenters. The Balaban J connectivity index is 0.978. The monoisotopic (exact) mass is 769 g/mol. The van der Waals surface area contributed by atoms with E-state index in [9.17, 15) is 32.4 Å². The topological polar surface area (TPSA) is 181 Å². The van der Waals surface area contributed by atoms with Crippen LogP contribution in [0.1, 0.15) is 42.3 Å². The molecule has 0 saturated carbocycles. The first-order valence-electron chi connectivity index (χ1n) is 17.7. The maximum Gasteiger partial charge on any atom is 0.329 e. The Morgan fingerprint density at radius 3 is 2.51 bits per heavy atom. The van der Waals surface area contributed by atoms with Crippen LogP contribution in [-0.4, -0.2) is 72.3 Å². The highest BCUT2D eigenvalue weighted by molar-refractivity contribution is 7.92. The van der Waals surface area contributed by atoms with Gasteiger partial charge in [0.15, 0.2) is 5.82 Å². The second-order valence-corrected chi connectivity index (χ2v) is 15.6. The number of benzene rings is 4. The summed E-state index contributed by atoms with van der Waals surface area (Å²) in [6.45, 7) is 0.725. The maximum absolute atomic E-state index is 16.2. The van der Waals surface area contributed by atoms with E-state index in [0.29, 0.717) is 39.5 Å². The number of piperidine rings is 1. The van der Waals surface area contributed by atoms with Crippen LogP contribution in [0.5, 0.6) is 5.75 Å². The number of imidazole rings is 1. The van der Waals surface area contributed by atoms with Crippen LogP contribution in [0.15, 0.2) is 77.6 Å². The lowest BCUT2D eigenvalue weighted by Gasteiger charge is -2.22. The molecule has 55 heavy (non-hydrogen) atoms. The zero-order valence-corrected chi connectivity index (χ0v) is 30.4. The van der Waals surface area contributed by atoms with Gasteiger partial charge < -0.3 is 10.1 Å². The number of hydrogen-bond donors (Lipinski definition) is 3. The summed E-state index contributed by atoms with van der Waals surface area (Å²) >= 11 is 0. The lowest BCUT2D eigenvalue weighted by molar-refractivity contribution is -0.135. The largest absolute Gasteiger partial charge is 0.487 e. The number of nitrogens with zero attached hydrogens (tertiary/aromatic N) is 4. The lowest BCUT2D eigenvalue weighted by Crippen LogP contribution is -2.44. The molecular weight excluding hydrogens is 734 g/mol. The van der Waals surface area contributed by atoms with E-state index in [1.165, 1.54) is 27.3 Å². The van der Waals surface area contributed by atoms with Crippen LogP contribution < -0.4 is 30.1 Å². The summed E-state index contributed by atoms with van der Waals surface area (Å²) in [6, 6.07) is 20.0. The Bertz CT molecular complexity index is 2590. The highest BCUT2D eigenvalue weighted by Gasteiger charge is 2.38. The molecule has 0 radical (unpaired) electrons. The van der Waals surface area contributed by atoms with Crippen LogP contribution in [0.2, 0.25) is 0 Å². The zero-order valence-electron chi connectivity index (χ0n) is 29.6. The number of likely N-dealkylation sites (tertiary alicyclic amines) is 1. The Kier molecular flexibility index (Phi) is 9.13. The van der Waals surface area contributed by atoms with Crippen LogP contribution >= 0.6 is 0 Å². The summed E-state index contributed by atoms with van der Waals surface area (Å²) in [6.07, 6.45) is 1.18. The molecule has 3 fully saturated rings. The molecule has 3 saturated heterocycles. The summed E-state index contributed by atoms with van der Waals surface area (Å²) in [5, 5.41) is 5.61. The van der Waals surface area contributed by atoms with Crippen molar-refractivity contribution in [3.05, 3.63) is 100 Å². The third-order valence-electron chi connectivity index (χ3n) is 10.4. The molecule has 5 aromatic rings. The SMILES string of the molecule is Cn1c(=O)n(C2CCC(=O)NC2=O)c2ccc([C@H]3CCN(CC(=O)Nc4ccc5c(F)c(N6CC(=O)NS6(=O)=O)c(OCc6ccccc6)cc5c4)C3)cc21. The van der Waals surface area contributed by atoms with E-state index in [1.807, 2.05) is 33.9 Å². The van der Waals surface area contributed by atoms with E-state index < -0.39 is 46.1 Å². The number of carbonyl (C=O) groups excluding carboxylic acids is 4. The molecule has 1 aromatic heterocycles. The minimum Gasteiger partial charge on any atom is -0.487 e. The molecule has 4 amide bonds. The number of nitrogens with one attached hydrogen (secondary N) is 3. The van der Waals surface area contributed by atoms with Gasteiger partial charge in [0.2, 0.25) is 17.7 Å². The number of anilines is 2. The number of imide groups is 1. The van der Waals surface area contributed by atoms with Gasteiger partial charge in [-0.15, -0.1) is 0 Å². The smallest absolute Gasteiger partial charge is 0.329 e. The molecule has 2 atom stereocenters. The van der Waals surface area contributed by atoms with Gasteiger partial charge >= 0.3 is 15.9 Å². The molecule has 0 aliphatic carbocycles. The summed E-state index contributed by atoms with van der Waals surface area (Å²) < 4.78 is 53.1. The van der Waals surface area contributed by atoms with E-state index in [0.717, 1.165) is 17.5 Å². The van der Waals surface area contributed by atoms with Crippen molar-refractivity contribution in [3.8, 4) is 5.75 Å². The molecular formula is C38H36FN7O8S. The number of aryl methyl sites for hydroxylation is 1. The van der Waals surface area contributed by atoms with E-state index in [4.69, 9.17) is 4.74 Å². The minimum atomic E-state index is -4.35. The van der Waals surface area contributed by atoms with Gasteiger partial charge in [-0.3, -0.25) is 38.5 Å². The predicted octanol–water partition coefficient (Wildman–Crippen LogP) is 2.80.